The Hall–Kier alpha value is -2.62. The molecule has 0 saturated carbocycles. The van der Waals surface area contributed by atoms with Crippen molar-refractivity contribution < 1.29 is 19.1 Å². The van der Waals surface area contributed by atoms with E-state index in [2.05, 4.69) is 4.74 Å². The molecule has 100 valence electrons. The molecule has 2 aromatic rings. The Bertz CT molecular complexity index is 731. The van der Waals surface area contributed by atoms with Crippen LogP contribution in [0.5, 0.6) is 11.5 Å². The first-order valence-electron chi connectivity index (χ1n) is 6.21. The SMILES string of the molecule is Cc1cccc(Oc2ccc3c(c2)C(=O)OC3=O)c1C. The minimum atomic E-state index is -0.628. The standard InChI is InChI=1S/C16H12O4/c1-9-4-3-5-14(10(9)2)19-11-6-7-12-13(8-11)16(18)20-15(12)17/h3-8H,1-2H3. The summed E-state index contributed by atoms with van der Waals surface area (Å²) in [6, 6.07) is 10.5. The molecule has 0 fully saturated rings. The van der Waals surface area contributed by atoms with Crippen molar-refractivity contribution in [2.24, 2.45) is 0 Å². The first-order chi connectivity index (χ1) is 9.56. The summed E-state index contributed by atoms with van der Waals surface area (Å²) in [5.74, 6) is -0.00792. The molecule has 20 heavy (non-hydrogen) atoms. The summed E-state index contributed by atoms with van der Waals surface area (Å²) in [6.45, 7) is 3.97. The van der Waals surface area contributed by atoms with Gasteiger partial charge in [-0.3, -0.25) is 0 Å². The van der Waals surface area contributed by atoms with Crippen LogP contribution < -0.4 is 4.74 Å². The molecule has 0 bridgehead atoms. The number of hydrogen-bond acceptors (Lipinski definition) is 4. The first-order valence-corrected chi connectivity index (χ1v) is 6.21. The number of esters is 2. The summed E-state index contributed by atoms with van der Waals surface area (Å²) in [4.78, 5) is 22.9. The quantitative estimate of drug-likeness (QED) is 0.618. The van der Waals surface area contributed by atoms with Crippen molar-refractivity contribution in [2.75, 3.05) is 0 Å². The van der Waals surface area contributed by atoms with E-state index in [9.17, 15) is 9.59 Å². The predicted molar refractivity (Wildman–Crippen MR) is 72.2 cm³/mol. The maximum Gasteiger partial charge on any atom is 0.347 e. The first kappa shape index (κ1) is 12.4. The zero-order valence-corrected chi connectivity index (χ0v) is 11.1. The highest BCUT2D eigenvalue weighted by molar-refractivity contribution is 6.14. The fraction of sp³-hybridized carbons (Fsp3) is 0.125. The molecule has 0 radical (unpaired) electrons. The maximum absolute atomic E-state index is 11.5. The van der Waals surface area contributed by atoms with E-state index >= 15 is 0 Å². The molecule has 0 saturated heterocycles. The lowest BCUT2D eigenvalue weighted by atomic mass is 10.1. The number of ether oxygens (including phenoxy) is 2. The van der Waals surface area contributed by atoms with E-state index < -0.39 is 11.9 Å². The molecule has 4 heteroatoms. The van der Waals surface area contributed by atoms with E-state index in [1.807, 2.05) is 32.0 Å². The second-order valence-corrected chi connectivity index (χ2v) is 4.68. The van der Waals surface area contributed by atoms with Crippen LogP contribution in [0, 0.1) is 13.8 Å². The Morgan fingerprint density at radius 1 is 0.950 bits per heavy atom. The van der Waals surface area contributed by atoms with Crippen LogP contribution in [0.1, 0.15) is 31.8 Å². The average molecular weight is 268 g/mol. The van der Waals surface area contributed by atoms with Gasteiger partial charge in [-0.15, -0.1) is 0 Å². The third kappa shape index (κ3) is 1.95. The van der Waals surface area contributed by atoms with Crippen molar-refractivity contribution in [3.63, 3.8) is 0 Å². The molecule has 0 unspecified atom stereocenters. The largest absolute Gasteiger partial charge is 0.457 e. The van der Waals surface area contributed by atoms with Crippen LogP contribution in [0.25, 0.3) is 0 Å². The Morgan fingerprint density at radius 3 is 2.50 bits per heavy atom. The molecule has 0 aliphatic carbocycles. The Labute approximate surface area is 115 Å². The van der Waals surface area contributed by atoms with Gasteiger partial charge in [-0.05, 0) is 49.2 Å². The summed E-state index contributed by atoms with van der Waals surface area (Å²) in [6.07, 6.45) is 0. The van der Waals surface area contributed by atoms with Gasteiger partial charge in [0.25, 0.3) is 0 Å². The van der Waals surface area contributed by atoms with Gasteiger partial charge in [0, 0.05) is 0 Å². The molecule has 0 N–H and O–H groups in total. The molecule has 0 aromatic heterocycles. The lowest BCUT2D eigenvalue weighted by molar-refractivity contribution is 0.0443. The summed E-state index contributed by atoms with van der Waals surface area (Å²) in [5, 5.41) is 0. The van der Waals surface area contributed by atoms with Gasteiger partial charge in [0.15, 0.2) is 0 Å². The predicted octanol–water partition coefficient (Wildman–Crippen LogP) is 3.41. The van der Waals surface area contributed by atoms with Gasteiger partial charge < -0.3 is 9.47 Å². The van der Waals surface area contributed by atoms with E-state index in [1.165, 1.54) is 6.07 Å². The molecule has 1 heterocycles. The number of carbonyl (C=O) groups excluding carboxylic acids is 2. The van der Waals surface area contributed by atoms with Crippen LogP contribution >= 0.6 is 0 Å². The number of hydrogen-bond donors (Lipinski definition) is 0. The highest BCUT2D eigenvalue weighted by Crippen LogP contribution is 2.30. The fourth-order valence-electron chi connectivity index (χ4n) is 2.09. The minimum absolute atomic E-state index is 0.248. The number of fused-ring (bicyclic) bond motifs is 1. The van der Waals surface area contributed by atoms with Crippen LogP contribution in [0.15, 0.2) is 36.4 Å². The van der Waals surface area contributed by atoms with Gasteiger partial charge in [0.05, 0.1) is 11.1 Å². The monoisotopic (exact) mass is 268 g/mol. The Balaban J connectivity index is 1.97. The van der Waals surface area contributed by atoms with Crippen LogP contribution in [0.4, 0.5) is 0 Å². The molecule has 1 aliphatic heterocycles. The molecule has 2 aromatic carbocycles. The zero-order valence-electron chi connectivity index (χ0n) is 11.1. The van der Waals surface area contributed by atoms with E-state index in [4.69, 9.17) is 4.74 Å². The van der Waals surface area contributed by atoms with Crippen molar-refractivity contribution in [3.8, 4) is 11.5 Å². The lowest BCUT2D eigenvalue weighted by Gasteiger charge is -2.10. The zero-order chi connectivity index (χ0) is 14.3. The summed E-state index contributed by atoms with van der Waals surface area (Å²) >= 11 is 0. The van der Waals surface area contributed by atoms with Gasteiger partial charge >= 0.3 is 11.9 Å². The van der Waals surface area contributed by atoms with Crippen LogP contribution in [-0.4, -0.2) is 11.9 Å². The van der Waals surface area contributed by atoms with Crippen molar-refractivity contribution in [1.82, 2.24) is 0 Å². The molecule has 0 atom stereocenters. The Kier molecular flexibility index (Phi) is 2.79. The molecule has 1 aliphatic rings. The molecule has 0 spiro atoms. The third-order valence-corrected chi connectivity index (χ3v) is 3.40. The number of aryl methyl sites for hydroxylation is 1. The van der Waals surface area contributed by atoms with E-state index in [0.29, 0.717) is 5.75 Å². The van der Waals surface area contributed by atoms with E-state index in [-0.39, 0.29) is 11.1 Å². The lowest BCUT2D eigenvalue weighted by Crippen LogP contribution is -1.97. The normalized spacial score (nSPS) is 13.1. The second-order valence-electron chi connectivity index (χ2n) is 4.68. The fourth-order valence-corrected chi connectivity index (χ4v) is 2.09. The van der Waals surface area contributed by atoms with Gasteiger partial charge in [-0.1, -0.05) is 12.1 Å². The van der Waals surface area contributed by atoms with Crippen molar-refractivity contribution in [1.29, 1.82) is 0 Å². The van der Waals surface area contributed by atoms with Gasteiger partial charge in [-0.25, -0.2) is 9.59 Å². The third-order valence-electron chi connectivity index (χ3n) is 3.40. The topological polar surface area (TPSA) is 52.6 Å². The van der Waals surface area contributed by atoms with Crippen molar-refractivity contribution >= 4 is 11.9 Å². The summed E-state index contributed by atoms with van der Waals surface area (Å²) in [5.41, 5.74) is 2.69. The van der Waals surface area contributed by atoms with E-state index in [0.717, 1.165) is 16.9 Å². The molecular weight excluding hydrogens is 256 g/mol. The highest BCUT2D eigenvalue weighted by Gasteiger charge is 2.29. The second kappa shape index (κ2) is 4.49. The van der Waals surface area contributed by atoms with Crippen LogP contribution in [-0.2, 0) is 4.74 Å². The number of rotatable bonds is 2. The highest BCUT2D eigenvalue weighted by atomic mass is 16.6. The number of benzene rings is 2. The van der Waals surface area contributed by atoms with Gasteiger partial charge in [0.1, 0.15) is 11.5 Å². The smallest absolute Gasteiger partial charge is 0.347 e. The number of cyclic esters (lactones) is 2. The van der Waals surface area contributed by atoms with E-state index in [1.54, 1.807) is 12.1 Å². The summed E-state index contributed by atoms with van der Waals surface area (Å²) in [7, 11) is 0. The van der Waals surface area contributed by atoms with Crippen LogP contribution in [0.3, 0.4) is 0 Å². The number of carbonyl (C=O) groups is 2. The molecule has 0 amide bonds. The van der Waals surface area contributed by atoms with Crippen LogP contribution in [0.2, 0.25) is 0 Å². The Morgan fingerprint density at radius 2 is 1.70 bits per heavy atom. The van der Waals surface area contributed by atoms with Gasteiger partial charge in [0.2, 0.25) is 0 Å². The van der Waals surface area contributed by atoms with Gasteiger partial charge in [-0.2, -0.15) is 0 Å². The summed E-state index contributed by atoms with van der Waals surface area (Å²) < 4.78 is 10.3. The minimum Gasteiger partial charge on any atom is -0.457 e. The molecule has 3 rings (SSSR count). The molecule has 4 nitrogen and oxygen atoms in total. The molecular formula is C16H12O4. The maximum atomic E-state index is 11.5. The van der Waals surface area contributed by atoms with Crippen molar-refractivity contribution in [2.45, 2.75) is 13.8 Å². The van der Waals surface area contributed by atoms with Crippen molar-refractivity contribution in [3.05, 3.63) is 58.7 Å². The average Bonchev–Trinajstić information content (AvgIpc) is 2.70.